The second kappa shape index (κ2) is 6.86. The maximum absolute atomic E-state index is 13.1. The Kier molecular flexibility index (Phi) is 4.76. The van der Waals surface area contributed by atoms with Crippen LogP contribution in [0.1, 0.15) is 24.5 Å². The number of carbonyl (C=O) groups excluding carboxylic acids is 1. The number of hydrogen-bond donors (Lipinski definition) is 1. The zero-order chi connectivity index (χ0) is 18.9. The van der Waals surface area contributed by atoms with Gasteiger partial charge in [0.25, 0.3) is 5.91 Å². The van der Waals surface area contributed by atoms with Gasteiger partial charge in [-0.2, -0.15) is 13.2 Å². The SMILES string of the molecule is C=C(C)C(=O)Nc1cc(C(F)(F)F)ccc1N1CCCc2ccccc21. The largest absolute Gasteiger partial charge is 0.416 e. The number of aryl methyl sites for hydroxylation is 1. The van der Waals surface area contributed by atoms with E-state index >= 15 is 0 Å². The van der Waals surface area contributed by atoms with Crippen molar-refractivity contribution >= 4 is 23.0 Å². The molecule has 0 atom stereocenters. The molecule has 1 aliphatic heterocycles. The van der Waals surface area contributed by atoms with Crippen molar-refractivity contribution in [3.8, 4) is 0 Å². The molecule has 0 unspecified atom stereocenters. The highest BCUT2D eigenvalue weighted by Crippen LogP contribution is 2.40. The third kappa shape index (κ3) is 3.59. The molecule has 0 aliphatic carbocycles. The van der Waals surface area contributed by atoms with E-state index < -0.39 is 17.6 Å². The molecule has 1 N–H and O–H groups in total. The molecule has 3 rings (SSSR count). The van der Waals surface area contributed by atoms with Gasteiger partial charge in [0.1, 0.15) is 0 Å². The van der Waals surface area contributed by atoms with Crippen LogP contribution >= 0.6 is 0 Å². The second-order valence-corrected chi connectivity index (χ2v) is 6.35. The number of nitrogens with one attached hydrogen (secondary N) is 1. The molecule has 1 aliphatic rings. The standard InChI is InChI=1S/C20H19F3N2O/c1-13(2)19(26)24-16-12-15(20(21,22)23)9-10-18(16)25-11-5-7-14-6-3-4-8-17(14)25/h3-4,6,8-10,12H,1,5,7,11H2,2H3,(H,24,26). The first-order valence-corrected chi connectivity index (χ1v) is 8.31. The van der Waals surface area contributed by atoms with E-state index in [1.165, 1.54) is 13.0 Å². The number of carbonyl (C=O) groups is 1. The minimum absolute atomic E-state index is 0.129. The summed E-state index contributed by atoms with van der Waals surface area (Å²) in [5.74, 6) is -0.504. The van der Waals surface area contributed by atoms with Crippen LogP contribution in [0.15, 0.2) is 54.6 Å². The van der Waals surface area contributed by atoms with Crippen LogP contribution in [0.25, 0.3) is 0 Å². The summed E-state index contributed by atoms with van der Waals surface area (Å²) in [6.45, 7) is 5.73. The van der Waals surface area contributed by atoms with Crippen molar-refractivity contribution in [1.29, 1.82) is 0 Å². The molecule has 6 heteroatoms. The van der Waals surface area contributed by atoms with Crippen LogP contribution in [-0.4, -0.2) is 12.5 Å². The van der Waals surface area contributed by atoms with Crippen LogP contribution in [-0.2, 0) is 17.4 Å². The summed E-state index contributed by atoms with van der Waals surface area (Å²) in [6, 6.07) is 11.2. The van der Waals surface area contributed by atoms with Gasteiger partial charge in [-0.3, -0.25) is 4.79 Å². The number of hydrogen-bond acceptors (Lipinski definition) is 2. The average Bonchev–Trinajstić information content (AvgIpc) is 2.60. The Balaban J connectivity index is 2.09. The Labute approximate surface area is 150 Å². The molecule has 0 spiro atoms. The van der Waals surface area contributed by atoms with Gasteiger partial charge in [0.2, 0.25) is 0 Å². The predicted octanol–water partition coefficient (Wildman–Crippen LogP) is 5.30. The lowest BCUT2D eigenvalue weighted by atomic mass is 10.0. The molecule has 2 aromatic carbocycles. The molecular formula is C20H19F3N2O. The number of amides is 1. The molecule has 0 saturated carbocycles. The van der Waals surface area contributed by atoms with Gasteiger partial charge >= 0.3 is 6.18 Å². The van der Waals surface area contributed by atoms with Crippen molar-refractivity contribution in [2.75, 3.05) is 16.8 Å². The highest BCUT2D eigenvalue weighted by atomic mass is 19.4. The quantitative estimate of drug-likeness (QED) is 0.753. The van der Waals surface area contributed by atoms with Crippen LogP contribution in [0.5, 0.6) is 0 Å². The van der Waals surface area contributed by atoms with E-state index in [9.17, 15) is 18.0 Å². The van der Waals surface area contributed by atoms with Gasteiger partial charge in [-0.15, -0.1) is 0 Å². The van der Waals surface area contributed by atoms with Gasteiger partial charge in [0, 0.05) is 17.8 Å². The first-order chi connectivity index (χ1) is 12.3. The lowest BCUT2D eigenvalue weighted by Crippen LogP contribution is -2.26. The molecule has 136 valence electrons. The summed E-state index contributed by atoms with van der Waals surface area (Å²) < 4.78 is 39.4. The fraction of sp³-hybridized carbons (Fsp3) is 0.250. The Morgan fingerprint density at radius 3 is 2.58 bits per heavy atom. The van der Waals surface area contributed by atoms with Crippen LogP contribution in [0.2, 0.25) is 0 Å². The number of anilines is 3. The lowest BCUT2D eigenvalue weighted by molar-refractivity contribution is -0.137. The number of fused-ring (bicyclic) bond motifs is 1. The van der Waals surface area contributed by atoms with E-state index in [-0.39, 0.29) is 11.3 Å². The fourth-order valence-corrected chi connectivity index (χ4v) is 3.06. The van der Waals surface area contributed by atoms with E-state index in [1.54, 1.807) is 0 Å². The van der Waals surface area contributed by atoms with Crippen LogP contribution in [0.3, 0.4) is 0 Å². The Morgan fingerprint density at radius 1 is 1.15 bits per heavy atom. The third-order valence-corrected chi connectivity index (χ3v) is 4.36. The maximum Gasteiger partial charge on any atom is 0.416 e. The van der Waals surface area contributed by atoms with Crippen molar-refractivity contribution in [2.45, 2.75) is 25.9 Å². The smallest absolute Gasteiger partial charge is 0.340 e. The summed E-state index contributed by atoms with van der Waals surface area (Å²) >= 11 is 0. The first-order valence-electron chi connectivity index (χ1n) is 8.31. The monoisotopic (exact) mass is 360 g/mol. The molecule has 26 heavy (non-hydrogen) atoms. The van der Waals surface area contributed by atoms with Gasteiger partial charge in [-0.1, -0.05) is 24.8 Å². The van der Waals surface area contributed by atoms with Crippen LogP contribution in [0.4, 0.5) is 30.2 Å². The molecule has 3 nitrogen and oxygen atoms in total. The summed E-state index contributed by atoms with van der Waals surface area (Å²) in [6.07, 6.45) is -2.69. The van der Waals surface area contributed by atoms with Crippen molar-refractivity contribution in [1.82, 2.24) is 0 Å². The molecule has 0 fully saturated rings. The first kappa shape index (κ1) is 18.0. The Hall–Kier alpha value is -2.76. The van der Waals surface area contributed by atoms with Gasteiger partial charge < -0.3 is 10.2 Å². The highest BCUT2D eigenvalue weighted by molar-refractivity contribution is 6.05. The fourth-order valence-electron chi connectivity index (χ4n) is 3.06. The minimum atomic E-state index is -4.49. The topological polar surface area (TPSA) is 32.3 Å². The summed E-state index contributed by atoms with van der Waals surface area (Å²) in [4.78, 5) is 14.0. The third-order valence-electron chi connectivity index (χ3n) is 4.36. The number of rotatable bonds is 3. The number of alkyl halides is 3. The minimum Gasteiger partial charge on any atom is -0.340 e. The molecule has 0 saturated heterocycles. The van der Waals surface area contributed by atoms with Crippen molar-refractivity contribution in [2.24, 2.45) is 0 Å². The van der Waals surface area contributed by atoms with E-state index in [4.69, 9.17) is 0 Å². The maximum atomic E-state index is 13.1. The molecule has 2 aromatic rings. The lowest BCUT2D eigenvalue weighted by Gasteiger charge is -2.33. The Morgan fingerprint density at radius 2 is 1.88 bits per heavy atom. The second-order valence-electron chi connectivity index (χ2n) is 6.35. The highest BCUT2D eigenvalue weighted by Gasteiger charge is 2.32. The van der Waals surface area contributed by atoms with Gasteiger partial charge in [0.15, 0.2) is 0 Å². The molecular weight excluding hydrogens is 341 g/mol. The molecule has 0 aromatic heterocycles. The molecule has 0 bridgehead atoms. The summed E-state index contributed by atoms with van der Waals surface area (Å²) in [5.41, 5.74) is 2.18. The van der Waals surface area contributed by atoms with Crippen LogP contribution < -0.4 is 10.2 Å². The number of halogens is 3. The van der Waals surface area contributed by atoms with Crippen molar-refractivity contribution < 1.29 is 18.0 Å². The zero-order valence-corrected chi connectivity index (χ0v) is 14.4. The summed E-state index contributed by atoms with van der Waals surface area (Å²) in [7, 11) is 0. The number of benzene rings is 2. The van der Waals surface area contributed by atoms with Crippen molar-refractivity contribution in [3.05, 3.63) is 65.7 Å². The van der Waals surface area contributed by atoms with Crippen LogP contribution in [0, 0.1) is 0 Å². The van der Waals surface area contributed by atoms with Crippen molar-refractivity contribution in [3.63, 3.8) is 0 Å². The average molecular weight is 360 g/mol. The van der Waals surface area contributed by atoms with Gasteiger partial charge in [-0.25, -0.2) is 0 Å². The predicted molar refractivity (Wildman–Crippen MR) is 96.7 cm³/mol. The number of nitrogens with zero attached hydrogens (tertiary/aromatic N) is 1. The van der Waals surface area contributed by atoms with Gasteiger partial charge in [-0.05, 0) is 49.6 Å². The van der Waals surface area contributed by atoms with E-state index in [0.29, 0.717) is 12.2 Å². The zero-order valence-electron chi connectivity index (χ0n) is 14.4. The number of para-hydroxylation sites is 1. The van der Waals surface area contributed by atoms with E-state index in [2.05, 4.69) is 11.9 Å². The molecule has 1 heterocycles. The molecule has 1 amide bonds. The molecule has 0 radical (unpaired) electrons. The van der Waals surface area contributed by atoms with Gasteiger partial charge in [0.05, 0.1) is 16.9 Å². The van der Waals surface area contributed by atoms with E-state index in [0.717, 1.165) is 36.2 Å². The van der Waals surface area contributed by atoms with E-state index in [1.807, 2.05) is 29.2 Å². The normalized spacial score (nSPS) is 13.9. The Bertz CT molecular complexity index is 858. The summed E-state index contributed by atoms with van der Waals surface area (Å²) in [5, 5.41) is 2.57.